The highest BCUT2D eigenvalue weighted by Gasteiger charge is 2.24. The van der Waals surface area contributed by atoms with Crippen molar-refractivity contribution >= 4 is 11.0 Å². The molecule has 0 saturated carbocycles. The summed E-state index contributed by atoms with van der Waals surface area (Å²) in [5.41, 5.74) is 3.20. The van der Waals surface area contributed by atoms with Gasteiger partial charge in [-0.1, -0.05) is 32.1 Å². The molecule has 21 heavy (non-hydrogen) atoms. The minimum atomic E-state index is 0.281. The third-order valence-corrected chi connectivity index (χ3v) is 3.93. The maximum atomic E-state index is 4.77. The molecule has 110 valence electrons. The number of para-hydroxylation sites is 2. The van der Waals surface area contributed by atoms with Crippen molar-refractivity contribution < 1.29 is 0 Å². The van der Waals surface area contributed by atoms with Crippen LogP contribution in [-0.4, -0.2) is 26.4 Å². The second kappa shape index (κ2) is 5.64. The molecular formula is C17H22N4. The summed E-state index contributed by atoms with van der Waals surface area (Å²) >= 11 is 0. The van der Waals surface area contributed by atoms with Crippen molar-refractivity contribution in [2.45, 2.75) is 32.7 Å². The smallest absolute Gasteiger partial charge is 0.130 e. The predicted octanol–water partition coefficient (Wildman–Crippen LogP) is 3.98. The van der Waals surface area contributed by atoms with E-state index in [4.69, 9.17) is 4.98 Å². The lowest BCUT2D eigenvalue weighted by Crippen LogP contribution is -2.28. The van der Waals surface area contributed by atoms with E-state index in [9.17, 15) is 0 Å². The van der Waals surface area contributed by atoms with Gasteiger partial charge >= 0.3 is 0 Å². The van der Waals surface area contributed by atoms with Crippen LogP contribution in [0.4, 0.5) is 0 Å². The normalized spacial score (nSPS) is 15.9. The molecule has 0 saturated heterocycles. The van der Waals surface area contributed by atoms with Crippen LogP contribution in [0.1, 0.15) is 38.6 Å². The first kappa shape index (κ1) is 13.7. The van der Waals surface area contributed by atoms with Crippen molar-refractivity contribution in [3.05, 3.63) is 54.8 Å². The standard InChI is InChI=1S/C17H22N4/c1-4-7-16(21-11-10-20(12-21)13(2)3)17-18-14-8-5-6-9-15(14)19-17/h5-6,8-11,16H,2,4,7,12H2,1,3H3,(H,18,19). The second-order valence-corrected chi connectivity index (χ2v) is 5.60. The molecule has 1 atom stereocenters. The van der Waals surface area contributed by atoms with Gasteiger partial charge in [-0.3, -0.25) is 0 Å². The number of benzene rings is 1. The number of hydrogen-bond donors (Lipinski definition) is 1. The molecular weight excluding hydrogens is 260 g/mol. The van der Waals surface area contributed by atoms with Crippen LogP contribution in [0.3, 0.4) is 0 Å². The third-order valence-electron chi connectivity index (χ3n) is 3.93. The van der Waals surface area contributed by atoms with Crippen molar-refractivity contribution in [3.8, 4) is 0 Å². The number of rotatable bonds is 5. The lowest BCUT2D eigenvalue weighted by Gasteiger charge is -2.28. The van der Waals surface area contributed by atoms with Gasteiger partial charge in [0.05, 0.1) is 23.7 Å². The highest BCUT2D eigenvalue weighted by atomic mass is 15.4. The van der Waals surface area contributed by atoms with Gasteiger partial charge < -0.3 is 14.8 Å². The van der Waals surface area contributed by atoms with E-state index < -0.39 is 0 Å². The van der Waals surface area contributed by atoms with Crippen LogP contribution in [0.2, 0.25) is 0 Å². The van der Waals surface area contributed by atoms with Crippen LogP contribution < -0.4 is 0 Å². The number of aromatic nitrogens is 2. The van der Waals surface area contributed by atoms with Gasteiger partial charge in [0.15, 0.2) is 0 Å². The molecule has 1 aromatic heterocycles. The molecule has 3 rings (SSSR count). The van der Waals surface area contributed by atoms with Gasteiger partial charge in [-0.25, -0.2) is 4.98 Å². The molecule has 1 N–H and O–H groups in total. The van der Waals surface area contributed by atoms with E-state index in [0.717, 1.165) is 42.1 Å². The van der Waals surface area contributed by atoms with Crippen LogP contribution in [0, 0.1) is 0 Å². The number of imidazole rings is 1. The maximum Gasteiger partial charge on any atom is 0.130 e. The zero-order valence-electron chi connectivity index (χ0n) is 12.7. The molecule has 0 radical (unpaired) electrons. The second-order valence-electron chi connectivity index (χ2n) is 5.60. The fraction of sp³-hybridized carbons (Fsp3) is 0.353. The van der Waals surface area contributed by atoms with Crippen molar-refractivity contribution in [2.75, 3.05) is 6.67 Å². The lowest BCUT2D eigenvalue weighted by atomic mass is 10.1. The molecule has 2 aromatic rings. The SMILES string of the molecule is C=C(C)N1C=CN(C(CCC)c2nc3ccccc3[nH]2)C1. The Morgan fingerprint density at radius 1 is 1.38 bits per heavy atom. The molecule has 0 spiro atoms. The van der Waals surface area contributed by atoms with Gasteiger partial charge in [0, 0.05) is 18.1 Å². The van der Waals surface area contributed by atoms with E-state index in [-0.39, 0.29) is 6.04 Å². The van der Waals surface area contributed by atoms with Crippen molar-refractivity contribution in [3.63, 3.8) is 0 Å². The summed E-state index contributed by atoms with van der Waals surface area (Å²) in [6.07, 6.45) is 6.43. The summed E-state index contributed by atoms with van der Waals surface area (Å²) in [7, 11) is 0. The van der Waals surface area contributed by atoms with Gasteiger partial charge in [0.2, 0.25) is 0 Å². The molecule has 1 aliphatic heterocycles. The summed E-state index contributed by atoms with van der Waals surface area (Å²) in [5.74, 6) is 1.05. The Balaban J connectivity index is 1.88. The van der Waals surface area contributed by atoms with Crippen LogP contribution in [0.25, 0.3) is 11.0 Å². The fourth-order valence-electron chi connectivity index (χ4n) is 2.75. The van der Waals surface area contributed by atoms with E-state index >= 15 is 0 Å². The van der Waals surface area contributed by atoms with Gasteiger partial charge in [0.1, 0.15) is 5.82 Å². The van der Waals surface area contributed by atoms with Gasteiger partial charge in [-0.15, -0.1) is 0 Å². The average Bonchev–Trinajstić information content (AvgIpc) is 3.11. The quantitative estimate of drug-likeness (QED) is 0.900. The summed E-state index contributed by atoms with van der Waals surface area (Å²) in [4.78, 5) is 12.7. The van der Waals surface area contributed by atoms with Crippen LogP contribution >= 0.6 is 0 Å². The first-order valence-corrected chi connectivity index (χ1v) is 7.50. The number of hydrogen-bond acceptors (Lipinski definition) is 3. The molecule has 1 aromatic carbocycles. The number of nitrogens with zero attached hydrogens (tertiary/aromatic N) is 3. The van der Waals surface area contributed by atoms with Crippen LogP contribution in [0.15, 0.2) is 48.9 Å². The molecule has 0 fully saturated rings. The summed E-state index contributed by atoms with van der Waals surface area (Å²) in [6.45, 7) is 9.10. The Morgan fingerprint density at radius 3 is 2.86 bits per heavy atom. The number of allylic oxidation sites excluding steroid dienone is 1. The number of nitrogens with one attached hydrogen (secondary N) is 1. The molecule has 1 aliphatic rings. The van der Waals surface area contributed by atoms with E-state index in [0.29, 0.717) is 0 Å². The van der Waals surface area contributed by atoms with Crippen molar-refractivity contribution in [1.29, 1.82) is 0 Å². The predicted molar refractivity (Wildman–Crippen MR) is 86.2 cm³/mol. The highest BCUT2D eigenvalue weighted by molar-refractivity contribution is 5.74. The molecule has 4 nitrogen and oxygen atoms in total. The molecule has 0 amide bonds. The van der Waals surface area contributed by atoms with Gasteiger partial charge in [-0.2, -0.15) is 0 Å². The Bertz CT molecular complexity index is 637. The molecule has 1 unspecified atom stereocenters. The minimum Gasteiger partial charge on any atom is -0.348 e. The van der Waals surface area contributed by atoms with Crippen LogP contribution in [-0.2, 0) is 0 Å². The topological polar surface area (TPSA) is 35.2 Å². The maximum absolute atomic E-state index is 4.77. The fourth-order valence-corrected chi connectivity index (χ4v) is 2.75. The highest BCUT2D eigenvalue weighted by Crippen LogP contribution is 2.29. The number of fused-ring (bicyclic) bond motifs is 1. The molecule has 2 heterocycles. The summed E-state index contributed by atoms with van der Waals surface area (Å²) in [5, 5.41) is 0. The van der Waals surface area contributed by atoms with E-state index in [1.54, 1.807) is 0 Å². The van der Waals surface area contributed by atoms with E-state index in [1.165, 1.54) is 0 Å². The van der Waals surface area contributed by atoms with E-state index in [1.807, 2.05) is 19.1 Å². The Labute approximate surface area is 125 Å². The Hall–Kier alpha value is -2.23. The van der Waals surface area contributed by atoms with Crippen LogP contribution in [0.5, 0.6) is 0 Å². The minimum absolute atomic E-state index is 0.281. The zero-order valence-corrected chi connectivity index (χ0v) is 12.7. The monoisotopic (exact) mass is 282 g/mol. The molecule has 0 aliphatic carbocycles. The van der Waals surface area contributed by atoms with E-state index in [2.05, 4.69) is 52.8 Å². The average molecular weight is 282 g/mol. The first-order valence-electron chi connectivity index (χ1n) is 7.50. The Kier molecular flexibility index (Phi) is 3.69. The molecule has 4 heteroatoms. The van der Waals surface area contributed by atoms with Crippen molar-refractivity contribution in [1.82, 2.24) is 19.8 Å². The Morgan fingerprint density at radius 2 is 2.19 bits per heavy atom. The molecule has 0 bridgehead atoms. The largest absolute Gasteiger partial charge is 0.348 e. The summed E-state index contributed by atoms with van der Waals surface area (Å²) < 4.78 is 0. The lowest BCUT2D eigenvalue weighted by molar-refractivity contribution is 0.218. The number of aromatic amines is 1. The number of H-pyrrole nitrogens is 1. The summed E-state index contributed by atoms with van der Waals surface area (Å²) in [6, 6.07) is 8.48. The zero-order chi connectivity index (χ0) is 14.8. The van der Waals surface area contributed by atoms with Crippen molar-refractivity contribution in [2.24, 2.45) is 0 Å². The van der Waals surface area contributed by atoms with Gasteiger partial charge in [0.25, 0.3) is 0 Å². The van der Waals surface area contributed by atoms with Gasteiger partial charge in [-0.05, 0) is 25.5 Å². The first-order chi connectivity index (χ1) is 10.2. The third kappa shape index (κ3) is 2.66.